The van der Waals surface area contributed by atoms with Crippen molar-refractivity contribution in [3.63, 3.8) is 0 Å². The summed E-state index contributed by atoms with van der Waals surface area (Å²) in [6, 6.07) is 0.387. The van der Waals surface area contributed by atoms with Crippen LogP contribution in [0.25, 0.3) is 0 Å². The Morgan fingerprint density at radius 1 is 1.20 bits per heavy atom. The van der Waals surface area contributed by atoms with E-state index in [-0.39, 0.29) is 17.0 Å². The van der Waals surface area contributed by atoms with Crippen LogP contribution in [-0.4, -0.2) is 35.0 Å². The molecule has 0 bridgehead atoms. The van der Waals surface area contributed by atoms with Crippen molar-refractivity contribution in [3.05, 3.63) is 0 Å². The highest BCUT2D eigenvalue weighted by atomic mass is 16.2. The summed E-state index contributed by atoms with van der Waals surface area (Å²) in [6.45, 7) is 10.7. The second-order valence-electron chi connectivity index (χ2n) is 6.31. The monoisotopic (exact) mass is 213 g/mol. The third-order valence-electron chi connectivity index (χ3n) is 3.35. The van der Waals surface area contributed by atoms with E-state index in [1.54, 1.807) is 6.92 Å². The molecule has 0 atom stereocenters. The second kappa shape index (κ2) is 3.78. The first-order chi connectivity index (χ1) is 6.63. The second-order valence-corrected chi connectivity index (χ2v) is 6.31. The Balaban J connectivity index is 2.79. The summed E-state index contributed by atoms with van der Waals surface area (Å²) < 4.78 is 0. The van der Waals surface area contributed by atoms with Crippen molar-refractivity contribution in [2.75, 3.05) is 7.05 Å². The van der Waals surface area contributed by atoms with E-state index in [1.807, 2.05) is 11.9 Å². The summed E-state index contributed by atoms with van der Waals surface area (Å²) in [6.07, 6.45) is 2.15. The molecule has 1 fully saturated rings. The number of carbonyl (C=O) groups is 1. The van der Waals surface area contributed by atoms with E-state index in [0.717, 1.165) is 12.8 Å². The molecule has 3 nitrogen and oxygen atoms in total. The van der Waals surface area contributed by atoms with Gasteiger partial charge in [0.2, 0.25) is 5.91 Å². The van der Waals surface area contributed by atoms with Gasteiger partial charge in [0.25, 0.3) is 0 Å². The zero-order chi connectivity index (χ0) is 11.9. The van der Waals surface area contributed by atoms with Crippen LogP contribution in [0.4, 0.5) is 0 Å². The topological polar surface area (TPSA) is 36.9 Å². The maximum atomic E-state index is 11.4. The van der Waals surface area contributed by atoms with Crippen LogP contribution in [0.2, 0.25) is 0 Å². The summed E-state index contributed by atoms with van der Waals surface area (Å²) in [4.78, 5) is 13.3. The Kier molecular flexibility index (Phi) is 3.15. The number of rotatable bonds is 1. The van der Waals surface area contributed by atoms with Crippen LogP contribution in [0, 0.1) is 0 Å². The fraction of sp³-hybridized carbons (Fsp3) is 0.917. The zero-order valence-corrected chi connectivity index (χ0v) is 10.9. The average molecular weight is 213 g/mol. The molecule has 1 aliphatic heterocycles. The Labute approximate surface area is 93.2 Å². The van der Waals surface area contributed by atoms with Crippen LogP contribution < -0.4 is 5.32 Å². The van der Waals surface area contributed by atoms with Crippen LogP contribution >= 0.6 is 0 Å². The van der Waals surface area contributed by atoms with Gasteiger partial charge in [0.15, 0.2) is 0 Å². The molecule has 0 aliphatic carbocycles. The largest absolute Gasteiger partial charge is 0.343 e. The molecule has 3 heteroatoms. The SMILES string of the molecule is CC(=O)N(C)C1CC(C)(C)[NH2+]C(C)(C)C1. The molecule has 1 heterocycles. The van der Waals surface area contributed by atoms with Crippen molar-refractivity contribution in [2.45, 2.75) is 64.6 Å². The normalized spacial score (nSPS) is 24.9. The Hall–Kier alpha value is -0.570. The Bertz CT molecular complexity index is 242. The summed E-state index contributed by atoms with van der Waals surface area (Å²) in [7, 11) is 1.92. The highest BCUT2D eigenvalue weighted by Gasteiger charge is 2.43. The van der Waals surface area contributed by atoms with Gasteiger partial charge in [0, 0.05) is 32.9 Å². The molecular formula is C12H25N2O+. The lowest BCUT2D eigenvalue weighted by Crippen LogP contribution is -3.06. The molecule has 0 aromatic carbocycles. The van der Waals surface area contributed by atoms with Gasteiger partial charge < -0.3 is 10.2 Å². The van der Waals surface area contributed by atoms with Crippen molar-refractivity contribution in [3.8, 4) is 0 Å². The summed E-state index contributed by atoms with van der Waals surface area (Å²) in [5.41, 5.74) is 0.465. The van der Waals surface area contributed by atoms with E-state index < -0.39 is 0 Å². The molecule has 1 amide bonds. The minimum atomic E-state index is 0.175. The van der Waals surface area contributed by atoms with E-state index >= 15 is 0 Å². The van der Waals surface area contributed by atoms with Crippen LogP contribution in [0.5, 0.6) is 0 Å². The predicted octanol–water partition coefficient (Wildman–Crippen LogP) is 0.748. The number of amides is 1. The van der Waals surface area contributed by atoms with Gasteiger partial charge >= 0.3 is 0 Å². The lowest BCUT2D eigenvalue weighted by Gasteiger charge is -2.45. The molecule has 1 rings (SSSR count). The van der Waals surface area contributed by atoms with Crippen LogP contribution in [0.3, 0.4) is 0 Å². The van der Waals surface area contributed by atoms with Gasteiger partial charge in [-0.05, 0) is 27.7 Å². The molecule has 1 aliphatic rings. The van der Waals surface area contributed by atoms with Gasteiger partial charge in [-0.2, -0.15) is 0 Å². The summed E-state index contributed by atoms with van der Waals surface area (Å²) in [5, 5.41) is 2.43. The highest BCUT2D eigenvalue weighted by Crippen LogP contribution is 2.25. The van der Waals surface area contributed by atoms with E-state index in [1.165, 1.54) is 0 Å². The molecule has 0 aromatic heterocycles. The molecule has 88 valence electrons. The number of quaternary nitrogens is 1. The summed E-state index contributed by atoms with van der Waals surface area (Å²) >= 11 is 0. The molecule has 0 aromatic rings. The van der Waals surface area contributed by atoms with Crippen molar-refractivity contribution in [1.82, 2.24) is 4.90 Å². The maximum absolute atomic E-state index is 11.4. The number of nitrogens with two attached hydrogens (primary N) is 1. The lowest BCUT2D eigenvalue weighted by molar-refractivity contribution is -0.788. The first-order valence-electron chi connectivity index (χ1n) is 5.73. The quantitative estimate of drug-likeness (QED) is 0.685. The predicted molar refractivity (Wildman–Crippen MR) is 61.5 cm³/mol. The number of piperidine rings is 1. The number of carbonyl (C=O) groups excluding carboxylic acids is 1. The highest BCUT2D eigenvalue weighted by molar-refractivity contribution is 5.73. The van der Waals surface area contributed by atoms with Crippen LogP contribution in [0.15, 0.2) is 0 Å². The van der Waals surface area contributed by atoms with Crippen LogP contribution in [-0.2, 0) is 4.79 Å². The van der Waals surface area contributed by atoms with Gasteiger partial charge in [-0.25, -0.2) is 0 Å². The standard InChI is InChI=1S/C12H24N2O/c1-9(15)14(6)10-7-11(2,3)13-12(4,5)8-10/h10,13H,7-8H2,1-6H3/p+1. The molecular weight excluding hydrogens is 188 g/mol. The first-order valence-corrected chi connectivity index (χ1v) is 5.73. The van der Waals surface area contributed by atoms with Gasteiger partial charge in [-0.15, -0.1) is 0 Å². The van der Waals surface area contributed by atoms with Crippen molar-refractivity contribution < 1.29 is 10.1 Å². The molecule has 0 radical (unpaired) electrons. The summed E-state index contributed by atoms with van der Waals surface area (Å²) in [5.74, 6) is 0.175. The van der Waals surface area contributed by atoms with E-state index in [9.17, 15) is 4.79 Å². The third-order valence-corrected chi connectivity index (χ3v) is 3.35. The number of hydrogen-bond donors (Lipinski definition) is 1. The Morgan fingerprint density at radius 2 is 1.60 bits per heavy atom. The molecule has 0 unspecified atom stereocenters. The van der Waals surface area contributed by atoms with Gasteiger partial charge in [0.1, 0.15) is 0 Å². The molecule has 1 saturated heterocycles. The minimum Gasteiger partial charge on any atom is -0.343 e. The van der Waals surface area contributed by atoms with E-state index in [4.69, 9.17) is 0 Å². The van der Waals surface area contributed by atoms with Crippen molar-refractivity contribution in [2.24, 2.45) is 0 Å². The fourth-order valence-corrected chi connectivity index (χ4v) is 2.99. The average Bonchev–Trinajstić information content (AvgIpc) is 1.96. The molecule has 0 spiro atoms. The molecule has 2 N–H and O–H groups in total. The van der Waals surface area contributed by atoms with Gasteiger partial charge in [0.05, 0.1) is 11.1 Å². The first kappa shape index (κ1) is 12.5. The molecule has 0 saturated carbocycles. The van der Waals surface area contributed by atoms with Gasteiger partial charge in [-0.1, -0.05) is 0 Å². The Morgan fingerprint density at radius 3 is 1.93 bits per heavy atom. The van der Waals surface area contributed by atoms with E-state index in [2.05, 4.69) is 33.0 Å². The lowest BCUT2D eigenvalue weighted by atomic mass is 9.79. The minimum absolute atomic E-state index is 0.175. The van der Waals surface area contributed by atoms with Crippen molar-refractivity contribution in [1.29, 1.82) is 0 Å². The van der Waals surface area contributed by atoms with E-state index in [0.29, 0.717) is 6.04 Å². The van der Waals surface area contributed by atoms with Crippen molar-refractivity contribution >= 4 is 5.91 Å². The number of nitrogens with zero attached hydrogens (tertiary/aromatic N) is 1. The molecule has 15 heavy (non-hydrogen) atoms. The van der Waals surface area contributed by atoms with Gasteiger partial charge in [-0.3, -0.25) is 4.79 Å². The maximum Gasteiger partial charge on any atom is 0.219 e. The fourth-order valence-electron chi connectivity index (χ4n) is 2.99. The number of hydrogen-bond acceptors (Lipinski definition) is 1. The zero-order valence-electron chi connectivity index (χ0n) is 10.9. The third kappa shape index (κ3) is 3.20. The van der Waals surface area contributed by atoms with Crippen LogP contribution in [0.1, 0.15) is 47.5 Å². The smallest absolute Gasteiger partial charge is 0.219 e.